The fraction of sp³-hybridized carbons (Fsp3) is 0.439. The van der Waals surface area contributed by atoms with E-state index in [4.69, 9.17) is 10.5 Å². The van der Waals surface area contributed by atoms with Crippen molar-refractivity contribution in [3.63, 3.8) is 0 Å². The molecule has 2 heterocycles. The molecule has 0 bridgehead atoms. The number of aliphatic carboxylic acids is 1. The van der Waals surface area contributed by atoms with Crippen LogP contribution >= 0.6 is 11.3 Å². The largest absolute Gasteiger partial charge is 0.494 e. The minimum absolute atomic E-state index is 0.0440. The maximum atomic E-state index is 13.5. The zero-order chi connectivity index (χ0) is 36.8. The lowest BCUT2D eigenvalue weighted by Gasteiger charge is -2.20. The van der Waals surface area contributed by atoms with Crippen LogP contribution in [0.15, 0.2) is 73.1 Å². The van der Waals surface area contributed by atoms with Gasteiger partial charge in [-0.3, -0.25) is 9.59 Å². The number of carboxylic acid groups (broad SMARTS) is 1. The van der Waals surface area contributed by atoms with E-state index < -0.39 is 23.8 Å². The Hall–Kier alpha value is -4.41. The van der Waals surface area contributed by atoms with Crippen LogP contribution in [-0.2, 0) is 21.4 Å². The number of carbonyl (C=O) groups is 3. The Kier molecular flexibility index (Phi) is 14.9. The first-order valence-electron chi connectivity index (χ1n) is 18.0. The van der Waals surface area contributed by atoms with Crippen LogP contribution in [0.3, 0.4) is 0 Å². The van der Waals surface area contributed by atoms with E-state index in [1.807, 2.05) is 60.7 Å². The van der Waals surface area contributed by atoms with E-state index >= 15 is 0 Å². The Morgan fingerprint density at radius 2 is 1.53 bits per heavy atom. The lowest BCUT2D eigenvalue weighted by molar-refractivity contribution is -0.142. The molecule has 0 aliphatic heterocycles. The van der Waals surface area contributed by atoms with Gasteiger partial charge in [0.1, 0.15) is 11.8 Å². The Morgan fingerprint density at radius 3 is 2.14 bits per heavy atom. The molecule has 0 aliphatic rings. The number of Topliss-reactive ketones (excluding diaryl/α,β-unsaturated/α-hetero) is 1. The zero-order valence-electron chi connectivity index (χ0n) is 30.3. The number of amides is 1. The van der Waals surface area contributed by atoms with E-state index in [1.165, 1.54) is 37.0 Å². The summed E-state index contributed by atoms with van der Waals surface area (Å²) in [5.41, 5.74) is 9.03. The summed E-state index contributed by atoms with van der Waals surface area (Å²) >= 11 is 1.43. The Labute approximate surface area is 306 Å². The molecule has 0 radical (unpaired) electrons. The minimum atomic E-state index is -1.13. The smallest absolute Gasteiger partial charge is 0.326 e. The molecule has 51 heavy (non-hydrogen) atoms. The van der Waals surface area contributed by atoms with E-state index in [0.29, 0.717) is 23.7 Å². The van der Waals surface area contributed by atoms with Crippen molar-refractivity contribution in [3.8, 4) is 28.3 Å². The summed E-state index contributed by atoms with van der Waals surface area (Å²) in [4.78, 5) is 49.7. The first-order valence-corrected chi connectivity index (χ1v) is 18.8. The van der Waals surface area contributed by atoms with Crippen LogP contribution in [0.5, 0.6) is 5.75 Å². The minimum Gasteiger partial charge on any atom is -0.494 e. The van der Waals surface area contributed by atoms with Crippen molar-refractivity contribution < 1.29 is 24.2 Å². The molecule has 4 aromatic rings. The number of unbranched alkanes of at least 4 members (excludes halogenated alkanes) is 4. The van der Waals surface area contributed by atoms with Crippen LogP contribution in [0.2, 0.25) is 0 Å². The molecule has 0 saturated carbocycles. The number of nitrogens with one attached hydrogen (secondary N) is 1. The second-order valence-corrected chi connectivity index (χ2v) is 15.1. The lowest BCUT2D eigenvalue weighted by atomic mass is 9.92. The highest BCUT2D eigenvalue weighted by Crippen LogP contribution is 2.31. The number of hydrogen-bond donors (Lipinski definition) is 3. The Morgan fingerprint density at radius 1 is 0.863 bits per heavy atom. The number of rotatable bonds is 20. The van der Waals surface area contributed by atoms with Gasteiger partial charge in [-0.1, -0.05) is 89.8 Å². The SMILES string of the molecule is CCCCCCCOc1ccc(-c2cnc(-c3ccc(C[C@H](CC(=O)c4ccc(C(C)(C)C)s4)C(=O)N[C@@H](CCCN)C(=O)O)cc3)nc2)cc1. The molecule has 272 valence electrons. The number of carboxylic acids is 1. The molecule has 10 heteroatoms. The van der Waals surface area contributed by atoms with Crippen LogP contribution in [-0.4, -0.2) is 51.9 Å². The topological polar surface area (TPSA) is 144 Å². The molecular formula is C41H52N4O5S. The van der Waals surface area contributed by atoms with E-state index in [1.54, 1.807) is 12.4 Å². The van der Waals surface area contributed by atoms with Gasteiger partial charge in [-0.05, 0) is 73.0 Å². The predicted octanol–water partition coefficient (Wildman–Crippen LogP) is 8.26. The number of benzene rings is 2. The first-order chi connectivity index (χ1) is 24.5. The van der Waals surface area contributed by atoms with E-state index in [2.05, 4.69) is 43.0 Å². The Bertz CT molecular complexity index is 1700. The number of hydrogen-bond acceptors (Lipinski definition) is 8. The highest BCUT2D eigenvalue weighted by molar-refractivity contribution is 7.14. The number of thiophene rings is 1. The van der Waals surface area contributed by atoms with Gasteiger partial charge in [-0.2, -0.15) is 0 Å². The summed E-state index contributed by atoms with van der Waals surface area (Å²) in [6.45, 7) is 9.52. The van der Waals surface area contributed by atoms with Gasteiger partial charge in [0, 0.05) is 40.7 Å². The molecule has 2 aromatic carbocycles. The molecule has 1 amide bonds. The Balaban J connectivity index is 1.42. The normalized spacial score (nSPS) is 12.6. The molecule has 0 fully saturated rings. The maximum absolute atomic E-state index is 13.5. The van der Waals surface area contributed by atoms with E-state index in [9.17, 15) is 19.5 Å². The summed E-state index contributed by atoms with van der Waals surface area (Å²) in [6, 6.07) is 18.2. The van der Waals surface area contributed by atoms with Crippen molar-refractivity contribution in [2.75, 3.05) is 13.2 Å². The molecular weight excluding hydrogens is 661 g/mol. The van der Waals surface area contributed by atoms with Gasteiger partial charge < -0.3 is 20.9 Å². The standard InChI is InChI=1S/C41H52N4O5S/c1-5-6-7-8-9-23-50-33-18-16-29(17-19-33)32-26-43-38(44-27-32)30-14-12-28(13-15-30)24-31(39(47)45-34(40(48)49)11-10-22-42)25-35(46)36-20-21-37(51-36)41(2,3)4/h12-21,26-27,31,34H,5-11,22-25,42H2,1-4H3,(H,45,47)(H,48,49)/t31-,34+/m1/s1. The summed E-state index contributed by atoms with van der Waals surface area (Å²) in [7, 11) is 0. The second-order valence-electron chi connectivity index (χ2n) is 14.1. The van der Waals surface area contributed by atoms with Crippen LogP contribution in [0, 0.1) is 5.92 Å². The number of ketones is 1. The van der Waals surface area contributed by atoms with Gasteiger partial charge >= 0.3 is 5.97 Å². The number of carbonyl (C=O) groups excluding carboxylic acids is 2. The van der Waals surface area contributed by atoms with Gasteiger partial charge in [0.15, 0.2) is 11.6 Å². The molecule has 2 atom stereocenters. The molecule has 0 aliphatic carbocycles. The van der Waals surface area contributed by atoms with Crippen LogP contribution < -0.4 is 15.8 Å². The summed E-state index contributed by atoms with van der Waals surface area (Å²) in [5, 5.41) is 12.4. The molecule has 4 N–H and O–H groups in total. The number of aromatic nitrogens is 2. The summed E-state index contributed by atoms with van der Waals surface area (Å²) in [5.74, 6) is -1.08. The molecule has 2 aromatic heterocycles. The quantitative estimate of drug-likeness (QED) is 0.0614. The van der Waals surface area contributed by atoms with Crippen molar-refractivity contribution >= 4 is 29.0 Å². The van der Waals surface area contributed by atoms with Crippen molar-refractivity contribution in [1.82, 2.24) is 15.3 Å². The maximum Gasteiger partial charge on any atom is 0.326 e. The highest BCUT2D eigenvalue weighted by atomic mass is 32.1. The van der Waals surface area contributed by atoms with Crippen LogP contribution in [0.4, 0.5) is 0 Å². The molecule has 9 nitrogen and oxygen atoms in total. The third-order valence-electron chi connectivity index (χ3n) is 8.78. The fourth-order valence-electron chi connectivity index (χ4n) is 5.68. The van der Waals surface area contributed by atoms with Crippen LogP contribution in [0.25, 0.3) is 22.5 Å². The number of nitrogens with zero attached hydrogens (tertiary/aromatic N) is 2. The average Bonchev–Trinajstić information content (AvgIpc) is 3.64. The van der Waals surface area contributed by atoms with Crippen LogP contribution in [0.1, 0.15) is 99.2 Å². The van der Waals surface area contributed by atoms with E-state index in [-0.39, 0.29) is 30.5 Å². The van der Waals surface area contributed by atoms with Gasteiger partial charge in [-0.25, -0.2) is 14.8 Å². The molecule has 0 unspecified atom stereocenters. The van der Waals surface area contributed by atoms with Gasteiger partial charge in [-0.15, -0.1) is 11.3 Å². The monoisotopic (exact) mass is 712 g/mol. The summed E-state index contributed by atoms with van der Waals surface area (Å²) in [6.07, 6.45) is 10.5. The first kappa shape index (κ1) is 39.4. The third-order valence-corrected chi connectivity index (χ3v) is 10.3. The third kappa shape index (κ3) is 12.1. The second kappa shape index (κ2) is 19.3. The predicted molar refractivity (Wildman–Crippen MR) is 204 cm³/mol. The molecule has 0 spiro atoms. The van der Waals surface area contributed by atoms with Crippen molar-refractivity contribution in [2.24, 2.45) is 11.7 Å². The average molecular weight is 713 g/mol. The molecule has 0 saturated heterocycles. The van der Waals surface area contributed by atoms with Gasteiger partial charge in [0.25, 0.3) is 0 Å². The fourth-order valence-corrected chi connectivity index (χ4v) is 6.69. The van der Waals surface area contributed by atoms with E-state index in [0.717, 1.165) is 45.9 Å². The zero-order valence-corrected chi connectivity index (χ0v) is 31.1. The van der Waals surface area contributed by atoms with Gasteiger partial charge in [0.2, 0.25) is 5.91 Å². The summed E-state index contributed by atoms with van der Waals surface area (Å²) < 4.78 is 5.89. The molecule has 4 rings (SSSR count). The van der Waals surface area contributed by atoms with Crippen molar-refractivity contribution in [3.05, 3.63) is 88.4 Å². The van der Waals surface area contributed by atoms with Crippen molar-refractivity contribution in [1.29, 1.82) is 0 Å². The van der Waals surface area contributed by atoms with Crippen molar-refractivity contribution in [2.45, 2.75) is 96.9 Å². The van der Waals surface area contributed by atoms with Gasteiger partial charge in [0.05, 0.1) is 11.5 Å². The lowest BCUT2D eigenvalue weighted by Crippen LogP contribution is -2.44. The number of ether oxygens (including phenoxy) is 1. The highest BCUT2D eigenvalue weighted by Gasteiger charge is 2.28. The number of nitrogens with two attached hydrogens (primary N) is 1.